The van der Waals surface area contributed by atoms with Gasteiger partial charge in [-0.15, -0.1) is 0 Å². The molecule has 1 aliphatic rings. The van der Waals surface area contributed by atoms with E-state index < -0.39 is 0 Å². The van der Waals surface area contributed by atoms with Crippen molar-refractivity contribution in [2.75, 3.05) is 23.3 Å². The second kappa shape index (κ2) is 19.8. The normalized spacial score (nSPS) is 13.5. The van der Waals surface area contributed by atoms with E-state index in [1.807, 2.05) is 18.2 Å². The van der Waals surface area contributed by atoms with Crippen LogP contribution in [0.1, 0.15) is 118 Å². The minimum Gasteiger partial charge on any atom is -0.371 e. The third-order valence-electron chi connectivity index (χ3n) is 9.22. The van der Waals surface area contributed by atoms with Gasteiger partial charge >= 0.3 is 0 Å². The number of amides is 2. The number of nitrogens with zero attached hydrogens (tertiary/aromatic N) is 1. The lowest BCUT2D eigenvalue weighted by Gasteiger charge is -2.35. The summed E-state index contributed by atoms with van der Waals surface area (Å²) < 4.78 is 13.4. The molecule has 0 unspecified atom stereocenters. The SMILES string of the molecule is CCCCCCCCCCCCCC(=O)Nc1ccc(N2CCC(Cc3ccccc3)CC2)c(C(=O)NCc2ccc(F)cc2)c1. The van der Waals surface area contributed by atoms with E-state index in [-0.39, 0.29) is 17.6 Å². The van der Waals surface area contributed by atoms with Crippen molar-refractivity contribution in [2.45, 2.75) is 110 Å². The highest BCUT2D eigenvalue weighted by molar-refractivity contribution is 6.02. The zero-order chi connectivity index (χ0) is 32.4. The van der Waals surface area contributed by atoms with E-state index in [2.05, 4.69) is 52.8 Å². The van der Waals surface area contributed by atoms with Gasteiger partial charge in [-0.05, 0) is 73.1 Å². The summed E-state index contributed by atoms with van der Waals surface area (Å²) in [6.07, 6.45) is 17.4. The molecule has 3 aromatic rings. The smallest absolute Gasteiger partial charge is 0.253 e. The number of carbonyl (C=O) groups excluding carboxylic acids is 2. The molecule has 2 amide bonds. The van der Waals surface area contributed by atoms with Crippen LogP contribution in [0.4, 0.5) is 15.8 Å². The fraction of sp³-hybridized carbons (Fsp3) is 0.500. The average Bonchev–Trinajstić information content (AvgIpc) is 3.07. The lowest BCUT2D eigenvalue weighted by Crippen LogP contribution is -2.36. The Kier molecular flexibility index (Phi) is 15.1. The summed E-state index contributed by atoms with van der Waals surface area (Å²) in [6.45, 7) is 4.30. The number of hydrogen-bond donors (Lipinski definition) is 2. The first kappa shape index (κ1) is 35.2. The topological polar surface area (TPSA) is 61.4 Å². The van der Waals surface area contributed by atoms with Gasteiger partial charge in [0.25, 0.3) is 5.91 Å². The highest BCUT2D eigenvalue weighted by atomic mass is 19.1. The van der Waals surface area contributed by atoms with Gasteiger partial charge in [0.05, 0.1) is 5.56 Å². The molecule has 2 N–H and O–H groups in total. The molecule has 1 heterocycles. The molecule has 0 radical (unpaired) electrons. The number of benzene rings is 3. The first-order valence-electron chi connectivity index (χ1n) is 17.8. The molecule has 0 bridgehead atoms. The van der Waals surface area contributed by atoms with Crippen LogP contribution in [-0.4, -0.2) is 24.9 Å². The van der Waals surface area contributed by atoms with Gasteiger partial charge in [-0.2, -0.15) is 0 Å². The second-order valence-electron chi connectivity index (χ2n) is 13.0. The number of anilines is 2. The number of nitrogens with one attached hydrogen (secondary N) is 2. The summed E-state index contributed by atoms with van der Waals surface area (Å²) in [5, 5.41) is 6.05. The Balaban J connectivity index is 1.29. The summed E-state index contributed by atoms with van der Waals surface area (Å²) in [5.74, 6) is 0.100. The molecular weight excluding hydrogens is 573 g/mol. The van der Waals surface area contributed by atoms with Crippen LogP contribution in [0.5, 0.6) is 0 Å². The molecule has 0 aliphatic carbocycles. The van der Waals surface area contributed by atoms with E-state index in [1.54, 1.807) is 12.1 Å². The van der Waals surface area contributed by atoms with Crippen LogP contribution in [0.25, 0.3) is 0 Å². The molecule has 46 heavy (non-hydrogen) atoms. The molecule has 1 saturated heterocycles. The van der Waals surface area contributed by atoms with Crippen LogP contribution >= 0.6 is 0 Å². The van der Waals surface area contributed by atoms with Crippen LogP contribution < -0.4 is 15.5 Å². The predicted octanol–water partition coefficient (Wildman–Crippen LogP) is 9.85. The van der Waals surface area contributed by atoms with Crippen molar-refractivity contribution < 1.29 is 14.0 Å². The van der Waals surface area contributed by atoms with Gasteiger partial charge in [-0.3, -0.25) is 9.59 Å². The van der Waals surface area contributed by atoms with E-state index in [1.165, 1.54) is 75.5 Å². The Morgan fingerprint density at radius 1 is 0.761 bits per heavy atom. The Morgan fingerprint density at radius 3 is 2.04 bits per heavy atom. The van der Waals surface area contributed by atoms with Crippen molar-refractivity contribution in [1.82, 2.24) is 5.32 Å². The molecule has 4 rings (SSSR count). The summed E-state index contributed by atoms with van der Waals surface area (Å²) in [5.41, 5.74) is 4.28. The molecule has 1 fully saturated rings. The highest BCUT2D eigenvalue weighted by Crippen LogP contribution is 2.30. The van der Waals surface area contributed by atoms with E-state index in [0.29, 0.717) is 30.1 Å². The van der Waals surface area contributed by atoms with Crippen LogP contribution in [0.3, 0.4) is 0 Å². The van der Waals surface area contributed by atoms with Crippen molar-refractivity contribution in [2.24, 2.45) is 5.92 Å². The van der Waals surface area contributed by atoms with Crippen molar-refractivity contribution in [3.63, 3.8) is 0 Å². The van der Waals surface area contributed by atoms with Crippen molar-refractivity contribution in [3.8, 4) is 0 Å². The minimum atomic E-state index is -0.301. The van der Waals surface area contributed by atoms with Gasteiger partial charge < -0.3 is 15.5 Å². The fourth-order valence-corrected chi connectivity index (χ4v) is 6.45. The van der Waals surface area contributed by atoms with E-state index in [0.717, 1.165) is 56.4 Å². The first-order chi connectivity index (χ1) is 22.5. The number of carbonyl (C=O) groups is 2. The standard InChI is InChI=1S/C40H54FN3O2/c1-2-3-4-5-6-7-8-9-10-11-15-18-39(45)43-36-23-24-38(37(30-36)40(46)42-31-34-19-21-35(41)22-20-34)44-27-25-33(26-28-44)29-32-16-13-12-14-17-32/h12-14,16-17,19-24,30,33H,2-11,15,18,25-29,31H2,1H3,(H,42,46)(H,43,45). The van der Waals surface area contributed by atoms with Crippen LogP contribution in [0.2, 0.25) is 0 Å². The lowest BCUT2D eigenvalue weighted by molar-refractivity contribution is -0.116. The van der Waals surface area contributed by atoms with Gasteiger partial charge in [-0.1, -0.05) is 114 Å². The third-order valence-corrected chi connectivity index (χ3v) is 9.22. The molecule has 0 aromatic heterocycles. The lowest BCUT2D eigenvalue weighted by atomic mass is 9.89. The molecule has 248 valence electrons. The number of halogens is 1. The minimum absolute atomic E-state index is 0.0110. The zero-order valence-corrected chi connectivity index (χ0v) is 27.9. The Labute approximate surface area is 276 Å². The molecule has 0 saturated carbocycles. The van der Waals surface area contributed by atoms with E-state index >= 15 is 0 Å². The molecule has 1 aliphatic heterocycles. The van der Waals surface area contributed by atoms with Crippen molar-refractivity contribution in [1.29, 1.82) is 0 Å². The maximum atomic E-state index is 13.6. The van der Waals surface area contributed by atoms with Crippen LogP contribution in [0.15, 0.2) is 72.8 Å². The van der Waals surface area contributed by atoms with Crippen molar-refractivity contribution in [3.05, 3.63) is 95.3 Å². The Bertz CT molecular complexity index is 1320. The molecule has 5 nitrogen and oxygen atoms in total. The largest absolute Gasteiger partial charge is 0.371 e. The molecular formula is C40H54FN3O2. The fourth-order valence-electron chi connectivity index (χ4n) is 6.45. The third kappa shape index (κ3) is 12.3. The molecule has 6 heteroatoms. The number of unbranched alkanes of at least 4 members (excludes halogenated alkanes) is 10. The van der Waals surface area contributed by atoms with Gasteiger partial charge in [0.15, 0.2) is 0 Å². The monoisotopic (exact) mass is 627 g/mol. The average molecular weight is 628 g/mol. The van der Waals surface area contributed by atoms with E-state index in [4.69, 9.17) is 0 Å². The summed E-state index contributed by atoms with van der Waals surface area (Å²) >= 11 is 0. The molecule has 0 atom stereocenters. The number of rotatable bonds is 19. The molecule has 0 spiro atoms. The Morgan fingerprint density at radius 2 is 1.39 bits per heavy atom. The van der Waals surface area contributed by atoms with E-state index in [9.17, 15) is 14.0 Å². The zero-order valence-electron chi connectivity index (χ0n) is 27.9. The maximum Gasteiger partial charge on any atom is 0.253 e. The Hall–Kier alpha value is -3.67. The first-order valence-corrected chi connectivity index (χ1v) is 17.8. The van der Waals surface area contributed by atoms with Crippen LogP contribution in [0, 0.1) is 11.7 Å². The van der Waals surface area contributed by atoms with Gasteiger partial charge in [0.1, 0.15) is 5.82 Å². The van der Waals surface area contributed by atoms with Crippen LogP contribution in [-0.2, 0) is 17.8 Å². The van der Waals surface area contributed by atoms with Gasteiger partial charge in [-0.25, -0.2) is 4.39 Å². The van der Waals surface area contributed by atoms with Gasteiger partial charge in [0, 0.05) is 37.4 Å². The maximum absolute atomic E-state index is 13.6. The van der Waals surface area contributed by atoms with Gasteiger partial charge in [0.2, 0.25) is 5.91 Å². The number of piperidine rings is 1. The quantitative estimate of drug-likeness (QED) is 0.130. The number of hydrogen-bond acceptors (Lipinski definition) is 3. The molecule has 3 aromatic carbocycles. The second-order valence-corrected chi connectivity index (χ2v) is 13.0. The summed E-state index contributed by atoms with van der Waals surface area (Å²) in [6, 6.07) is 22.5. The summed E-state index contributed by atoms with van der Waals surface area (Å²) in [4.78, 5) is 28.7. The van der Waals surface area contributed by atoms with Crippen molar-refractivity contribution >= 4 is 23.2 Å². The predicted molar refractivity (Wildman–Crippen MR) is 189 cm³/mol. The highest BCUT2D eigenvalue weighted by Gasteiger charge is 2.24. The summed E-state index contributed by atoms with van der Waals surface area (Å²) in [7, 11) is 0.